The van der Waals surface area contributed by atoms with Gasteiger partial charge in [-0.05, 0) is 50.8 Å². The molecule has 116 valence electrons. The Kier molecular flexibility index (Phi) is 5.21. The highest BCUT2D eigenvalue weighted by molar-refractivity contribution is 6.03. The molecule has 0 aliphatic carbocycles. The summed E-state index contributed by atoms with van der Waals surface area (Å²) in [6, 6.07) is 8.22. The van der Waals surface area contributed by atoms with E-state index < -0.39 is 0 Å². The van der Waals surface area contributed by atoms with Crippen LogP contribution in [0, 0.1) is 0 Å². The van der Waals surface area contributed by atoms with E-state index in [4.69, 9.17) is 0 Å². The van der Waals surface area contributed by atoms with E-state index in [0.29, 0.717) is 5.92 Å². The van der Waals surface area contributed by atoms with Gasteiger partial charge in [-0.1, -0.05) is 51.5 Å². The van der Waals surface area contributed by atoms with Crippen LogP contribution >= 0.6 is 0 Å². The van der Waals surface area contributed by atoms with Gasteiger partial charge in [0.25, 0.3) is 0 Å². The molecular weight excluding hydrogens is 258 g/mol. The smallest absolute Gasteiger partial charge is 0.182 e. The van der Waals surface area contributed by atoms with Crippen molar-refractivity contribution < 1.29 is 4.79 Å². The Morgan fingerprint density at radius 2 is 1.71 bits per heavy atom. The summed E-state index contributed by atoms with van der Waals surface area (Å²) in [6.45, 7) is 10.7. The Bertz CT molecular complexity index is 471. The minimum atomic E-state index is -0.347. The molecule has 0 spiro atoms. The molecular formula is C19H29NO. The summed E-state index contributed by atoms with van der Waals surface area (Å²) in [4.78, 5) is 15.4. The van der Waals surface area contributed by atoms with Gasteiger partial charge in [-0.2, -0.15) is 0 Å². The van der Waals surface area contributed by atoms with Crippen molar-refractivity contribution in [3.63, 3.8) is 0 Å². The fourth-order valence-corrected chi connectivity index (χ4v) is 3.25. The Balaban J connectivity index is 2.22. The second-order valence-corrected chi connectivity index (χ2v) is 6.78. The van der Waals surface area contributed by atoms with Gasteiger partial charge in [-0.3, -0.25) is 9.69 Å². The van der Waals surface area contributed by atoms with Crippen molar-refractivity contribution in [2.24, 2.45) is 0 Å². The lowest BCUT2D eigenvalue weighted by Gasteiger charge is -2.42. The molecule has 1 heterocycles. The zero-order chi connectivity index (χ0) is 15.5. The van der Waals surface area contributed by atoms with Crippen molar-refractivity contribution >= 4 is 5.78 Å². The largest absolute Gasteiger partial charge is 0.292 e. The summed E-state index contributed by atoms with van der Waals surface area (Å²) >= 11 is 0. The average Bonchev–Trinajstić information content (AvgIpc) is 2.54. The molecule has 2 rings (SSSR count). The van der Waals surface area contributed by atoms with Gasteiger partial charge in [0.1, 0.15) is 0 Å². The van der Waals surface area contributed by atoms with E-state index >= 15 is 0 Å². The third-order valence-corrected chi connectivity index (χ3v) is 5.07. The molecule has 0 aromatic heterocycles. The molecule has 1 saturated heterocycles. The molecule has 1 aromatic rings. The fraction of sp³-hybridized carbons (Fsp3) is 0.632. The number of ketones is 1. The van der Waals surface area contributed by atoms with Gasteiger partial charge >= 0.3 is 0 Å². The van der Waals surface area contributed by atoms with Crippen LogP contribution in [0.5, 0.6) is 0 Å². The van der Waals surface area contributed by atoms with Gasteiger partial charge in [-0.25, -0.2) is 0 Å². The minimum Gasteiger partial charge on any atom is -0.292 e. The molecule has 1 unspecified atom stereocenters. The Morgan fingerprint density at radius 3 is 2.19 bits per heavy atom. The highest BCUT2D eigenvalue weighted by Gasteiger charge is 2.38. The first kappa shape index (κ1) is 16.2. The van der Waals surface area contributed by atoms with E-state index in [1.165, 1.54) is 24.8 Å². The summed E-state index contributed by atoms with van der Waals surface area (Å²) in [5.41, 5.74) is 1.80. The molecule has 21 heavy (non-hydrogen) atoms. The van der Waals surface area contributed by atoms with Crippen LogP contribution in [-0.2, 0) is 0 Å². The van der Waals surface area contributed by atoms with Gasteiger partial charge in [-0.15, -0.1) is 0 Å². The van der Waals surface area contributed by atoms with E-state index in [9.17, 15) is 4.79 Å². The van der Waals surface area contributed by atoms with E-state index in [0.717, 1.165) is 25.1 Å². The third kappa shape index (κ3) is 3.37. The Morgan fingerprint density at radius 1 is 1.14 bits per heavy atom. The summed E-state index contributed by atoms with van der Waals surface area (Å²) in [5.74, 6) is 0.788. The monoisotopic (exact) mass is 287 g/mol. The lowest BCUT2D eigenvalue weighted by Crippen LogP contribution is -2.53. The van der Waals surface area contributed by atoms with Gasteiger partial charge in [0.15, 0.2) is 5.78 Å². The van der Waals surface area contributed by atoms with Crippen molar-refractivity contribution in [1.29, 1.82) is 0 Å². The van der Waals surface area contributed by atoms with Crippen LogP contribution in [0.1, 0.15) is 75.2 Å². The second-order valence-electron chi connectivity index (χ2n) is 6.78. The second kappa shape index (κ2) is 6.74. The lowest BCUT2D eigenvalue weighted by atomic mass is 9.85. The van der Waals surface area contributed by atoms with Crippen molar-refractivity contribution in [3.05, 3.63) is 35.4 Å². The molecule has 1 aromatic carbocycles. The van der Waals surface area contributed by atoms with Crippen LogP contribution in [0.3, 0.4) is 0 Å². The topological polar surface area (TPSA) is 20.3 Å². The molecule has 1 aliphatic heterocycles. The predicted molar refractivity (Wildman–Crippen MR) is 89.0 cm³/mol. The van der Waals surface area contributed by atoms with Crippen molar-refractivity contribution in [2.75, 3.05) is 13.1 Å². The first-order chi connectivity index (χ1) is 9.99. The number of likely N-dealkylation sites (tertiary alicyclic amines) is 1. The SMILES string of the molecule is CCC(C)(C(=O)c1ccc(C(C)C)cc1)N1CCCCC1. The normalized spacial score (nSPS) is 19.5. The van der Waals surface area contributed by atoms with E-state index in [1.54, 1.807) is 0 Å². The number of piperidine rings is 1. The molecule has 1 aliphatic rings. The molecule has 0 N–H and O–H groups in total. The van der Waals surface area contributed by atoms with Crippen LogP contribution in [0.4, 0.5) is 0 Å². The molecule has 1 atom stereocenters. The number of hydrogen-bond acceptors (Lipinski definition) is 2. The maximum atomic E-state index is 13.0. The first-order valence-corrected chi connectivity index (χ1v) is 8.39. The number of nitrogens with zero attached hydrogens (tertiary/aromatic N) is 1. The van der Waals surface area contributed by atoms with Crippen molar-refractivity contribution in [1.82, 2.24) is 4.90 Å². The maximum Gasteiger partial charge on any atom is 0.182 e. The van der Waals surface area contributed by atoms with Gasteiger partial charge in [0.05, 0.1) is 5.54 Å². The summed E-state index contributed by atoms with van der Waals surface area (Å²) in [6.07, 6.45) is 4.61. The molecule has 1 fully saturated rings. The van der Waals surface area contributed by atoms with Crippen LogP contribution in [0.15, 0.2) is 24.3 Å². The van der Waals surface area contributed by atoms with E-state index in [-0.39, 0.29) is 11.3 Å². The van der Waals surface area contributed by atoms with Crippen LogP contribution in [0.25, 0.3) is 0 Å². The minimum absolute atomic E-state index is 0.280. The van der Waals surface area contributed by atoms with Crippen molar-refractivity contribution in [3.8, 4) is 0 Å². The van der Waals surface area contributed by atoms with E-state index in [1.807, 2.05) is 12.1 Å². The van der Waals surface area contributed by atoms with Crippen molar-refractivity contribution in [2.45, 2.75) is 64.8 Å². The van der Waals surface area contributed by atoms with Crippen LogP contribution in [0.2, 0.25) is 0 Å². The average molecular weight is 287 g/mol. The quantitative estimate of drug-likeness (QED) is 0.735. The summed E-state index contributed by atoms with van der Waals surface area (Å²) in [7, 11) is 0. The number of carbonyl (C=O) groups excluding carboxylic acids is 1. The number of rotatable bonds is 5. The maximum absolute atomic E-state index is 13.0. The highest BCUT2D eigenvalue weighted by atomic mass is 16.1. The zero-order valence-corrected chi connectivity index (χ0v) is 14.0. The van der Waals surface area contributed by atoms with Crippen LogP contribution in [-0.4, -0.2) is 29.3 Å². The predicted octanol–water partition coefficient (Wildman–Crippen LogP) is 4.65. The molecule has 0 saturated carbocycles. The summed E-state index contributed by atoms with van der Waals surface area (Å²) in [5, 5.41) is 0. The Hall–Kier alpha value is -1.15. The third-order valence-electron chi connectivity index (χ3n) is 5.07. The van der Waals surface area contributed by atoms with Gasteiger partial charge < -0.3 is 0 Å². The van der Waals surface area contributed by atoms with E-state index in [2.05, 4.69) is 44.7 Å². The molecule has 0 radical (unpaired) electrons. The number of benzene rings is 1. The molecule has 2 nitrogen and oxygen atoms in total. The Labute approximate surface area is 129 Å². The zero-order valence-electron chi connectivity index (χ0n) is 14.0. The van der Waals surface area contributed by atoms with Gasteiger partial charge in [0.2, 0.25) is 0 Å². The lowest BCUT2D eigenvalue weighted by molar-refractivity contribution is 0.0505. The molecule has 0 amide bonds. The first-order valence-electron chi connectivity index (χ1n) is 8.39. The number of hydrogen-bond donors (Lipinski definition) is 0. The highest BCUT2D eigenvalue weighted by Crippen LogP contribution is 2.28. The molecule has 0 bridgehead atoms. The molecule has 2 heteroatoms. The van der Waals surface area contributed by atoms with Crippen LogP contribution < -0.4 is 0 Å². The summed E-state index contributed by atoms with van der Waals surface area (Å²) < 4.78 is 0. The van der Waals surface area contributed by atoms with Gasteiger partial charge in [0, 0.05) is 5.56 Å². The standard InChI is InChI=1S/C19H29NO/c1-5-19(4,20-13-7-6-8-14-20)18(21)17-11-9-16(10-12-17)15(2)3/h9-12,15H,5-8,13-14H2,1-4H3. The fourth-order valence-electron chi connectivity index (χ4n) is 3.25. The number of carbonyl (C=O) groups is 1. The number of Topliss-reactive ketones (excluding diaryl/α,β-unsaturated/α-hetero) is 1.